The first-order valence-corrected chi connectivity index (χ1v) is 7.92. The van der Waals surface area contributed by atoms with Crippen LogP contribution >= 0.6 is 7.60 Å². The standard InChI is InChI=1S/C15H15O4P.Na.H/c16-15(14-9-5-2-6-10-14)12-20(17,18)19-11-13-7-3-1-4-8-13;;/h1-10H,11-12H2,(H,17,18);;/q;+1;-1. The van der Waals surface area contributed by atoms with E-state index in [1.165, 1.54) is 0 Å². The molecule has 1 atom stereocenters. The molecule has 0 radical (unpaired) electrons. The van der Waals surface area contributed by atoms with Crippen LogP contribution < -0.4 is 29.6 Å². The molecule has 0 aliphatic heterocycles. The Balaban J connectivity index is 0.00000220. The van der Waals surface area contributed by atoms with Crippen molar-refractivity contribution in [2.45, 2.75) is 6.61 Å². The summed E-state index contributed by atoms with van der Waals surface area (Å²) in [6.07, 6.45) is -0.510. The average Bonchev–Trinajstić information content (AvgIpc) is 2.47. The maximum Gasteiger partial charge on any atom is 1.00 e. The Kier molecular flexibility index (Phi) is 7.53. The van der Waals surface area contributed by atoms with Crippen molar-refractivity contribution in [2.24, 2.45) is 0 Å². The van der Waals surface area contributed by atoms with E-state index in [2.05, 4.69) is 0 Å². The van der Waals surface area contributed by atoms with Crippen molar-refractivity contribution in [3.8, 4) is 0 Å². The van der Waals surface area contributed by atoms with Gasteiger partial charge in [0, 0.05) is 5.56 Å². The van der Waals surface area contributed by atoms with Gasteiger partial charge in [-0.05, 0) is 5.56 Å². The molecule has 1 N–H and O–H groups in total. The summed E-state index contributed by atoms with van der Waals surface area (Å²) in [7, 11) is -3.93. The van der Waals surface area contributed by atoms with E-state index in [-0.39, 0.29) is 37.6 Å². The molecule has 0 aliphatic carbocycles. The van der Waals surface area contributed by atoms with Gasteiger partial charge in [0.25, 0.3) is 0 Å². The van der Waals surface area contributed by atoms with E-state index in [1.54, 1.807) is 42.5 Å². The molecule has 21 heavy (non-hydrogen) atoms. The Bertz CT molecular complexity index is 622. The fourth-order valence-corrected chi connectivity index (χ4v) is 2.68. The first-order chi connectivity index (χ1) is 9.57. The summed E-state index contributed by atoms with van der Waals surface area (Å²) in [6.45, 7) is 0.0106. The Morgan fingerprint density at radius 2 is 1.57 bits per heavy atom. The van der Waals surface area contributed by atoms with Gasteiger partial charge in [0.2, 0.25) is 0 Å². The molecular formula is C15H16NaO4P. The third-order valence-corrected chi connectivity index (χ3v) is 3.93. The molecule has 0 fully saturated rings. The summed E-state index contributed by atoms with van der Waals surface area (Å²) in [5.41, 5.74) is 1.19. The number of hydrogen-bond donors (Lipinski definition) is 1. The second kappa shape index (κ2) is 8.64. The van der Waals surface area contributed by atoms with Crippen LogP contribution in [0.25, 0.3) is 0 Å². The predicted molar refractivity (Wildman–Crippen MR) is 77.8 cm³/mol. The third-order valence-electron chi connectivity index (χ3n) is 2.71. The fourth-order valence-electron chi connectivity index (χ4n) is 1.69. The monoisotopic (exact) mass is 314 g/mol. The van der Waals surface area contributed by atoms with Gasteiger partial charge < -0.3 is 10.8 Å². The zero-order valence-corrected chi connectivity index (χ0v) is 14.7. The molecule has 2 rings (SSSR count). The first-order valence-electron chi connectivity index (χ1n) is 6.15. The molecule has 0 aromatic heterocycles. The molecule has 0 aliphatic rings. The largest absolute Gasteiger partial charge is 1.00 e. The van der Waals surface area contributed by atoms with Crippen LogP contribution in [0.5, 0.6) is 0 Å². The van der Waals surface area contributed by atoms with Crippen molar-refractivity contribution in [1.29, 1.82) is 0 Å². The smallest absolute Gasteiger partial charge is 1.00 e. The molecule has 0 spiro atoms. The van der Waals surface area contributed by atoms with E-state index in [1.807, 2.05) is 18.2 Å². The minimum Gasteiger partial charge on any atom is -1.00 e. The summed E-state index contributed by atoms with van der Waals surface area (Å²) < 4.78 is 16.9. The molecule has 2 aromatic rings. The van der Waals surface area contributed by atoms with Crippen LogP contribution in [0.1, 0.15) is 17.3 Å². The molecule has 2 aromatic carbocycles. The van der Waals surface area contributed by atoms with Gasteiger partial charge in [0.05, 0.1) is 6.61 Å². The van der Waals surface area contributed by atoms with Crippen LogP contribution in [-0.2, 0) is 15.7 Å². The van der Waals surface area contributed by atoms with Crippen molar-refractivity contribution >= 4 is 13.4 Å². The molecular weight excluding hydrogens is 298 g/mol. The SMILES string of the molecule is O=C(CP(=O)(O)OCc1ccccc1)c1ccccc1.[H-].[Na+]. The number of carbonyl (C=O) groups excluding carboxylic acids is 1. The van der Waals surface area contributed by atoms with E-state index < -0.39 is 19.5 Å². The summed E-state index contributed by atoms with van der Waals surface area (Å²) in [5.74, 6) is -0.399. The number of carbonyl (C=O) groups is 1. The second-order valence-electron chi connectivity index (χ2n) is 4.34. The van der Waals surface area contributed by atoms with Gasteiger partial charge in [0.1, 0.15) is 6.16 Å². The van der Waals surface area contributed by atoms with Crippen LogP contribution in [0, 0.1) is 0 Å². The number of ketones is 1. The van der Waals surface area contributed by atoms with Crippen LogP contribution in [0.15, 0.2) is 60.7 Å². The summed E-state index contributed by atoms with van der Waals surface area (Å²) >= 11 is 0. The van der Waals surface area contributed by atoms with Gasteiger partial charge in [-0.2, -0.15) is 0 Å². The maximum absolute atomic E-state index is 11.9. The number of Topliss-reactive ketones (excluding diaryl/α,β-unsaturated/α-hetero) is 1. The number of benzene rings is 2. The summed E-state index contributed by atoms with van der Waals surface area (Å²) in [6, 6.07) is 17.5. The fraction of sp³-hybridized carbons (Fsp3) is 0.133. The van der Waals surface area contributed by atoms with Crippen LogP contribution in [0.2, 0.25) is 0 Å². The number of rotatable bonds is 6. The minimum atomic E-state index is -3.93. The average molecular weight is 314 g/mol. The van der Waals surface area contributed by atoms with Gasteiger partial charge >= 0.3 is 37.2 Å². The summed E-state index contributed by atoms with van der Waals surface area (Å²) in [5, 5.41) is 0. The summed E-state index contributed by atoms with van der Waals surface area (Å²) in [4.78, 5) is 21.6. The maximum atomic E-state index is 11.9. The van der Waals surface area contributed by atoms with Crippen molar-refractivity contribution in [2.75, 3.05) is 6.16 Å². The van der Waals surface area contributed by atoms with Gasteiger partial charge in [0.15, 0.2) is 5.78 Å². The zero-order valence-electron chi connectivity index (χ0n) is 12.8. The van der Waals surface area contributed by atoms with Crippen LogP contribution in [0.3, 0.4) is 0 Å². The topological polar surface area (TPSA) is 63.6 Å². The van der Waals surface area contributed by atoms with Crippen LogP contribution in [0.4, 0.5) is 0 Å². The van der Waals surface area contributed by atoms with E-state index in [0.717, 1.165) is 5.56 Å². The van der Waals surface area contributed by atoms with Crippen molar-refractivity contribution < 1.29 is 49.8 Å². The van der Waals surface area contributed by atoms with E-state index >= 15 is 0 Å². The zero-order chi connectivity index (χ0) is 14.4. The Morgan fingerprint density at radius 3 is 2.14 bits per heavy atom. The molecule has 106 valence electrons. The van der Waals surface area contributed by atoms with Gasteiger partial charge in [-0.15, -0.1) is 0 Å². The molecule has 0 saturated heterocycles. The minimum absolute atomic E-state index is 0. The second-order valence-corrected chi connectivity index (χ2v) is 6.19. The first kappa shape index (κ1) is 18.3. The van der Waals surface area contributed by atoms with E-state index in [0.29, 0.717) is 5.56 Å². The molecule has 4 nitrogen and oxygen atoms in total. The molecule has 0 heterocycles. The molecule has 6 heteroatoms. The normalized spacial score (nSPS) is 13.0. The van der Waals surface area contributed by atoms with Crippen LogP contribution in [-0.4, -0.2) is 16.8 Å². The van der Waals surface area contributed by atoms with E-state index in [9.17, 15) is 14.3 Å². The van der Waals surface area contributed by atoms with Gasteiger partial charge in [-0.25, -0.2) is 0 Å². The number of hydrogen-bond acceptors (Lipinski definition) is 3. The third kappa shape index (κ3) is 6.27. The molecule has 1 unspecified atom stereocenters. The van der Waals surface area contributed by atoms with Crippen molar-refractivity contribution in [3.63, 3.8) is 0 Å². The predicted octanol–water partition coefficient (Wildman–Crippen LogP) is 0.388. The van der Waals surface area contributed by atoms with Gasteiger partial charge in [-0.3, -0.25) is 9.36 Å². The Morgan fingerprint density at radius 1 is 1.05 bits per heavy atom. The molecule has 0 bridgehead atoms. The Labute approximate surface area is 147 Å². The van der Waals surface area contributed by atoms with Crippen molar-refractivity contribution in [3.05, 3.63) is 71.8 Å². The van der Waals surface area contributed by atoms with E-state index in [4.69, 9.17) is 4.52 Å². The molecule has 0 saturated carbocycles. The molecule has 0 amide bonds. The van der Waals surface area contributed by atoms with Gasteiger partial charge in [-0.1, -0.05) is 60.7 Å². The Hall–Kier alpha value is -0.740. The van der Waals surface area contributed by atoms with Crippen molar-refractivity contribution in [1.82, 2.24) is 0 Å². The quantitative estimate of drug-likeness (QED) is 0.476.